The van der Waals surface area contributed by atoms with E-state index in [9.17, 15) is 14.9 Å². The summed E-state index contributed by atoms with van der Waals surface area (Å²) < 4.78 is 0. The van der Waals surface area contributed by atoms with E-state index >= 15 is 0 Å². The number of carbonyl (C=O) groups is 1. The zero-order valence-corrected chi connectivity index (χ0v) is 9.99. The van der Waals surface area contributed by atoms with Crippen LogP contribution >= 0.6 is 11.8 Å². The van der Waals surface area contributed by atoms with Gasteiger partial charge in [0.05, 0.1) is 4.92 Å². The molecule has 0 heterocycles. The third-order valence-corrected chi connectivity index (χ3v) is 3.07. The van der Waals surface area contributed by atoms with Crippen LogP contribution in [0, 0.1) is 10.1 Å². The van der Waals surface area contributed by atoms with Gasteiger partial charge in [-0.05, 0) is 19.1 Å². The Morgan fingerprint density at radius 3 is 2.44 bits per heavy atom. The number of non-ortho nitro benzene ring substituents is 1. The van der Waals surface area contributed by atoms with Gasteiger partial charge in [-0.25, -0.2) is 0 Å². The lowest BCUT2D eigenvalue weighted by atomic mass is 10.2. The molecule has 0 aliphatic carbocycles. The predicted molar refractivity (Wildman–Crippen MR) is 63.7 cm³/mol. The Morgan fingerprint density at radius 2 is 2.00 bits per heavy atom. The summed E-state index contributed by atoms with van der Waals surface area (Å²) >= 11 is 1.55. The molecule has 0 spiro atoms. The SMILES string of the molecule is CC(=O)CC(C)Sc1ccc([N+](=O)[O-])cc1. The highest BCUT2D eigenvalue weighted by Crippen LogP contribution is 2.26. The van der Waals surface area contributed by atoms with Gasteiger partial charge >= 0.3 is 0 Å². The summed E-state index contributed by atoms with van der Waals surface area (Å²) in [6.45, 7) is 3.53. The molecule has 0 radical (unpaired) electrons. The van der Waals surface area contributed by atoms with E-state index in [0.29, 0.717) is 6.42 Å². The number of benzene rings is 1. The van der Waals surface area contributed by atoms with E-state index in [4.69, 9.17) is 0 Å². The summed E-state index contributed by atoms with van der Waals surface area (Å²) in [5.74, 6) is 0.155. The number of nitrogens with zero attached hydrogens (tertiary/aromatic N) is 1. The van der Waals surface area contributed by atoms with E-state index in [1.807, 2.05) is 6.92 Å². The maximum absolute atomic E-state index is 10.9. The minimum Gasteiger partial charge on any atom is -0.300 e. The van der Waals surface area contributed by atoms with Crippen LogP contribution in [0.15, 0.2) is 29.2 Å². The molecule has 0 saturated heterocycles. The molecule has 0 aromatic heterocycles. The van der Waals surface area contributed by atoms with Crippen LogP contribution in [0.3, 0.4) is 0 Å². The Morgan fingerprint density at radius 1 is 1.44 bits per heavy atom. The van der Waals surface area contributed by atoms with Crippen molar-refractivity contribution < 1.29 is 9.72 Å². The number of thioether (sulfide) groups is 1. The summed E-state index contributed by atoms with van der Waals surface area (Å²) in [5.41, 5.74) is 0.0866. The Labute approximate surface area is 98.2 Å². The molecule has 0 saturated carbocycles. The quantitative estimate of drug-likeness (QED) is 0.450. The molecule has 1 aromatic rings. The van der Waals surface area contributed by atoms with E-state index in [-0.39, 0.29) is 16.7 Å². The zero-order chi connectivity index (χ0) is 12.1. The number of nitro benzene ring substituents is 1. The number of nitro groups is 1. The molecule has 0 bridgehead atoms. The van der Waals surface area contributed by atoms with Crippen LogP contribution < -0.4 is 0 Å². The first-order valence-corrected chi connectivity index (χ1v) is 5.77. The summed E-state index contributed by atoms with van der Waals surface area (Å²) in [7, 11) is 0. The van der Waals surface area contributed by atoms with Crippen LogP contribution in [0.25, 0.3) is 0 Å². The lowest BCUT2D eigenvalue weighted by Crippen LogP contribution is -2.02. The molecule has 4 nitrogen and oxygen atoms in total. The second-order valence-electron chi connectivity index (χ2n) is 3.59. The number of carbonyl (C=O) groups excluding carboxylic acids is 1. The van der Waals surface area contributed by atoms with Crippen molar-refractivity contribution in [3.05, 3.63) is 34.4 Å². The third kappa shape index (κ3) is 4.02. The van der Waals surface area contributed by atoms with Crippen LogP contribution in [0.5, 0.6) is 0 Å². The van der Waals surface area contributed by atoms with E-state index in [2.05, 4.69) is 0 Å². The second kappa shape index (κ2) is 5.65. The highest BCUT2D eigenvalue weighted by molar-refractivity contribution is 8.00. The highest BCUT2D eigenvalue weighted by atomic mass is 32.2. The maximum atomic E-state index is 10.9. The van der Waals surface area contributed by atoms with Crippen molar-refractivity contribution in [2.24, 2.45) is 0 Å². The lowest BCUT2D eigenvalue weighted by Gasteiger charge is -2.08. The van der Waals surface area contributed by atoms with Crippen molar-refractivity contribution in [1.29, 1.82) is 0 Å². The minimum atomic E-state index is -0.423. The fourth-order valence-corrected chi connectivity index (χ4v) is 2.40. The van der Waals surface area contributed by atoms with Gasteiger partial charge in [0.2, 0.25) is 0 Å². The van der Waals surface area contributed by atoms with Gasteiger partial charge in [0, 0.05) is 28.7 Å². The molecule has 1 rings (SSSR count). The first-order chi connectivity index (χ1) is 7.49. The smallest absolute Gasteiger partial charge is 0.269 e. The number of hydrogen-bond acceptors (Lipinski definition) is 4. The zero-order valence-electron chi connectivity index (χ0n) is 9.17. The van der Waals surface area contributed by atoms with Gasteiger partial charge in [0.25, 0.3) is 5.69 Å². The molecule has 1 atom stereocenters. The molecule has 1 unspecified atom stereocenters. The largest absolute Gasteiger partial charge is 0.300 e. The molecule has 0 aliphatic heterocycles. The molecule has 0 N–H and O–H groups in total. The van der Waals surface area contributed by atoms with E-state index in [1.165, 1.54) is 12.1 Å². The molecule has 1 aromatic carbocycles. The molecular formula is C11H13NO3S. The predicted octanol–water partition coefficient (Wildman–Crippen LogP) is 3.05. The van der Waals surface area contributed by atoms with Crippen molar-refractivity contribution in [2.45, 2.75) is 30.4 Å². The summed E-state index contributed by atoms with van der Waals surface area (Å²) in [6, 6.07) is 6.37. The Balaban J connectivity index is 2.61. The second-order valence-corrected chi connectivity index (χ2v) is 5.10. The van der Waals surface area contributed by atoms with Crippen LogP contribution in [0.4, 0.5) is 5.69 Å². The lowest BCUT2D eigenvalue weighted by molar-refractivity contribution is -0.384. The average Bonchev–Trinajstić information content (AvgIpc) is 2.16. The maximum Gasteiger partial charge on any atom is 0.269 e. The molecular weight excluding hydrogens is 226 g/mol. The van der Waals surface area contributed by atoms with Crippen LogP contribution in [-0.2, 0) is 4.79 Å². The van der Waals surface area contributed by atoms with Crippen molar-refractivity contribution >= 4 is 23.2 Å². The number of rotatable bonds is 5. The van der Waals surface area contributed by atoms with Gasteiger partial charge in [-0.1, -0.05) is 6.92 Å². The molecule has 86 valence electrons. The van der Waals surface area contributed by atoms with E-state index in [0.717, 1.165) is 4.90 Å². The minimum absolute atomic E-state index is 0.0866. The van der Waals surface area contributed by atoms with Crippen molar-refractivity contribution in [1.82, 2.24) is 0 Å². The van der Waals surface area contributed by atoms with Crippen molar-refractivity contribution in [3.63, 3.8) is 0 Å². The van der Waals surface area contributed by atoms with Crippen LogP contribution in [0.2, 0.25) is 0 Å². The first kappa shape index (κ1) is 12.7. The summed E-state index contributed by atoms with van der Waals surface area (Å²) in [4.78, 5) is 21.8. The number of Topliss-reactive ketones (excluding diaryl/α,β-unsaturated/α-hetero) is 1. The van der Waals surface area contributed by atoms with Crippen molar-refractivity contribution in [3.8, 4) is 0 Å². The van der Waals surface area contributed by atoms with Gasteiger partial charge in [-0.3, -0.25) is 14.9 Å². The number of hydrogen-bond donors (Lipinski definition) is 0. The fourth-order valence-electron chi connectivity index (χ4n) is 1.33. The first-order valence-electron chi connectivity index (χ1n) is 4.89. The van der Waals surface area contributed by atoms with Gasteiger partial charge < -0.3 is 0 Å². The van der Waals surface area contributed by atoms with Gasteiger partial charge in [0.1, 0.15) is 5.78 Å². The standard InChI is InChI=1S/C11H13NO3S/c1-8(13)7-9(2)16-11-5-3-10(4-6-11)12(14)15/h3-6,9H,7H2,1-2H3. The van der Waals surface area contributed by atoms with Gasteiger partial charge in [0.15, 0.2) is 0 Å². The van der Waals surface area contributed by atoms with Crippen LogP contribution in [0.1, 0.15) is 20.3 Å². The topological polar surface area (TPSA) is 60.2 Å². The molecule has 16 heavy (non-hydrogen) atoms. The van der Waals surface area contributed by atoms with Gasteiger partial charge in [-0.15, -0.1) is 11.8 Å². The average molecular weight is 239 g/mol. The molecule has 0 amide bonds. The number of ketones is 1. The van der Waals surface area contributed by atoms with Gasteiger partial charge in [-0.2, -0.15) is 0 Å². The Hall–Kier alpha value is -1.36. The molecule has 5 heteroatoms. The monoisotopic (exact) mass is 239 g/mol. The van der Waals surface area contributed by atoms with E-state index in [1.54, 1.807) is 30.8 Å². The highest BCUT2D eigenvalue weighted by Gasteiger charge is 2.09. The summed E-state index contributed by atoms with van der Waals surface area (Å²) in [6.07, 6.45) is 0.516. The summed E-state index contributed by atoms with van der Waals surface area (Å²) in [5, 5.41) is 10.6. The molecule has 0 fully saturated rings. The Bertz CT molecular complexity index is 389. The van der Waals surface area contributed by atoms with E-state index < -0.39 is 4.92 Å². The third-order valence-electron chi connectivity index (χ3n) is 1.96. The normalized spacial score (nSPS) is 12.1. The molecule has 0 aliphatic rings. The Kier molecular flexibility index (Phi) is 4.49. The van der Waals surface area contributed by atoms with Crippen molar-refractivity contribution in [2.75, 3.05) is 0 Å². The fraction of sp³-hybridized carbons (Fsp3) is 0.364. The van der Waals surface area contributed by atoms with Crippen LogP contribution in [-0.4, -0.2) is 16.0 Å².